The summed E-state index contributed by atoms with van der Waals surface area (Å²) in [6, 6.07) is 0. The van der Waals surface area contributed by atoms with Gasteiger partial charge in [0, 0.05) is 13.6 Å². The number of hydrogen-bond donors (Lipinski definition) is 0. The van der Waals surface area contributed by atoms with Gasteiger partial charge in [-0.2, -0.15) is 18.3 Å². The second kappa shape index (κ2) is 6.27. The fraction of sp³-hybridized carbons (Fsp3) is 0.733. The van der Waals surface area contributed by atoms with E-state index in [1.54, 1.807) is 25.6 Å². The molecule has 2 heterocycles. The number of morpholine rings is 1. The number of aromatic nitrogens is 2. The van der Waals surface area contributed by atoms with Gasteiger partial charge in [0.1, 0.15) is 5.69 Å². The molecule has 0 radical (unpaired) electrons. The lowest BCUT2D eigenvalue weighted by Crippen LogP contribution is -2.59. The topological polar surface area (TPSA) is 56.6 Å². The van der Waals surface area contributed by atoms with E-state index in [1.165, 1.54) is 13.8 Å². The summed E-state index contributed by atoms with van der Waals surface area (Å²) in [5.74, 6) is -0.0333. The lowest BCUT2D eigenvalue weighted by Gasteiger charge is -2.43. The fourth-order valence-electron chi connectivity index (χ4n) is 2.73. The zero-order valence-corrected chi connectivity index (χ0v) is 14.4. The van der Waals surface area contributed by atoms with E-state index in [-0.39, 0.29) is 13.2 Å². The number of aryl methyl sites for hydroxylation is 2. The Morgan fingerprint density at radius 3 is 2.54 bits per heavy atom. The summed E-state index contributed by atoms with van der Waals surface area (Å²) in [6.45, 7) is 5.80. The third kappa shape index (κ3) is 4.00. The van der Waals surface area contributed by atoms with E-state index in [0.29, 0.717) is 11.4 Å². The van der Waals surface area contributed by atoms with Gasteiger partial charge in [-0.1, -0.05) is 0 Å². The van der Waals surface area contributed by atoms with Crippen molar-refractivity contribution in [1.29, 1.82) is 0 Å². The number of carbonyl (C=O) groups excluding carboxylic acids is 1. The van der Waals surface area contributed by atoms with Gasteiger partial charge < -0.3 is 14.4 Å². The van der Waals surface area contributed by atoms with Crippen LogP contribution in [0.1, 0.15) is 25.2 Å². The van der Waals surface area contributed by atoms with E-state index in [4.69, 9.17) is 9.47 Å². The Hall–Kier alpha value is -1.77. The Balaban J connectivity index is 2.05. The maximum absolute atomic E-state index is 13.0. The zero-order valence-electron chi connectivity index (χ0n) is 14.4. The minimum Gasteiger partial charge on any atom is -0.480 e. The van der Waals surface area contributed by atoms with Gasteiger partial charge in [0.15, 0.2) is 18.5 Å². The van der Waals surface area contributed by atoms with Crippen LogP contribution >= 0.6 is 0 Å². The molecule has 0 spiro atoms. The van der Waals surface area contributed by atoms with Gasteiger partial charge in [0.05, 0.1) is 17.8 Å². The minimum atomic E-state index is -4.52. The van der Waals surface area contributed by atoms with Crippen LogP contribution in [0.25, 0.3) is 0 Å². The third-order valence-electron chi connectivity index (χ3n) is 3.92. The number of ether oxygens (including phenoxy) is 2. The van der Waals surface area contributed by atoms with Gasteiger partial charge in [-0.3, -0.25) is 9.48 Å². The number of carbonyl (C=O) groups is 1. The molecule has 0 N–H and O–H groups in total. The van der Waals surface area contributed by atoms with E-state index >= 15 is 0 Å². The molecule has 0 bridgehead atoms. The number of halogens is 3. The molecule has 1 aliphatic heterocycles. The summed E-state index contributed by atoms with van der Waals surface area (Å²) >= 11 is 0. The molecule has 0 saturated carbocycles. The molecule has 1 aromatic rings. The van der Waals surface area contributed by atoms with Gasteiger partial charge in [-0.25, -0.2) is 0 Å². The van der Waals surface area contributed by atoms with Crippen molar-refractivity contribution in [2.24, 2.45) is 7.05 Å². The van der Waals surface area contributed by atoms with E-state index in [1.807, 2.05) is 0 Å². The lowest BCUT2D eigenvalue weighted by molar-refractivity contribution is -0.270. The number of nitrogens with zero attached hydrogens (tertiary/aromatic N) is 3. The molecule has 24 heavy (non-hydrogen) atoms. The molecule has 6 nitrogen and oxygen atoms in total. The van der Waals surface area contributed by atoms with Gasteiger partial charge in [-0.05, 0) is 27.7 Å². The van der Waals surface area contributed by atoms with Crippen LogP contribution < -0.4 is 4.74 Å². The van der Waals surface area contributed by atoms with Gasteiger partial charge in [0.25, 0.3) is 5.91 Å². The van der Waals surface area contributed by atoms with Crippen molar-refractivity contribution in [3.8, 4) is 5.75 Å². The second-order valence-electron chi connectivity index (χ2n) is 6.59. The monoisotopic (exact) mass is 349 g/mol. The molecule has 1 unspecified atom stereocenters. The van der Waals surface area contributed by atoms with Crippen molar-refractivity contribution in [2.75, 3.05) is 19.7 Å². The molecular formula is C15H22F3N3O3. The summed E-state index contributed by atoms with van der Waals surface area (Å²) < 4.78 is 51.1. The van der Waals surface area contributed by atoms with E-state index in [2.05, 4.69) is 5.10 Å². The molecule has 1 aromatic heterocycles. The smallest absolute Gasteiger partial charge is 0.416 e. The number of hydrogen-bond acceptors (Lipinski definition) is 4. The second-order valence-corrected chi connectivity index (χ2v) is 6.59. The highest BCUT2D eigenvalue weighted by Crippen LogP contribution is 2.32. The zero-order chi connectivity index (χ0) is 18.3. The molecule has 1 atom stereocenters. The molecule has 1 aliphatic rings. The first-order valence-corrected chi connectivity index (χ1v) is 7.56. The minimum absolute atomic E-state index is 0.0762. The van der Waals surface area contributed by atoms with Crippen molar-refractivity contribution >= 4 is 5.91 Å². The standard InChI is InChI=1S/C15H22F3N3O3/c1-9-13(10(2)20(5)19-9)23-7-12(22)21-6-11(15(16,17)18)24-14(3,4)8-21/h11H,6-8H2,1-5H3. The molecule has 1 saturated heterocycles. The Morgan fingerprint density at radius 1 is 1.42 bits per heavy atom. The number of alkyl halides is 3. The number of rotatable bonds is 3. The average Bonchev–Trinajstić information content (AvgIpc) is 2.67. The maximum Gasteiger partial charge on any atom is 0.416 e. The van der Waals surface area contributed by atoms with Crippen LogP contribution in [0, 0.1) is 13.8 Å². The van der Waals surface area contributed by atoms with Crippen molar-refractivity contribution in [2.45, 2.75) is 45.6 Å². The Labute approximate surface area is 138 Å². The molecule has 9 heteroatoms. The Morgan fingerprint density at radius 2 is 2.04 bits per heavy atom. The van der Waals surface area contributed by atoms with Crippen LogP contribution in [0.5, 0.6) is 5.75 Å². The van der Waals surface area contributed by atoms with E-state index < -0.39 is 30.3 Å². The third-order valence-corrected chi connectivity index (χ3v) is 3.92. The first-order chi connectivity index (χ1) is 10.9. The molecule has 136 valence electrons. The van der Waals surface area contributed by atoms with E-state index in [9.17, 15) is 18.0 Å². The molecule has 0 aromatic carbocycles. The Bertz CT molecular complexity index is 625. The fourth-order valence-corrected chi connectivity index (χ4v) is 2.73. The first-order valence-electron chi connectivity index (χ1n) is 7.56. The first kappa shape index (κ1) is 18.6. The highest BCUT2D eigenvalue weighted by atomic mass is 19.4. The largest absolute Gasteiger partial charge is 0.480 e. The number of amides is 1. The van der Waals surface area contributed by atoms with Crippen molar-refractivity contribution in [3.05, 3.63) is 11.4 Å². The van der Waals surface area contributed by atoms with Crippen molar-refractivity contribution in [1.82, 2.24) is 14.7 Å². The van der Waals surface area contributed by atoms with Crippen LogP contribution in [0.2, 0.25) is 0 Å². The summed E-state index contributed by atoms with van der Waals surface area (Å²) in [5, 5.41) is 4.17. The summed E-state index contributed by atoms with van der Waals surface area (Å²) in [5.41, 5.74) is 0.294. The predicted molar refractivity (Wildman–Crippen MR) is 79.8 cm³/mol. The van der Waals surface area contributed by atoms with Crippen LogP contribution in [-0.2, 0) is 16.6 Å². The average molecular weight is 349 g/mol. The molecule has 1 fully saturated rings. The van der Waals surface area contributed by atoms with Gasteiger partial charge in [0.2, 0.25) is 0 Å². The van der Waals surface area contributed by atoms with Crippen molar-refractivity contribution < 1.29 is 27.4 Å². The SMILES string of the molecule is Cc1nn(C)c(C)c1OCC(=O)N1CC(C(F)(F)F)OC(C)(C)C1. The van der Waals surface area contributed by atoms with Crippen LogP contribution in [0.15, 0.2) is 0 Å². The van der Waals surface area contributed by atoms with Crippen molar-refractivity contribution in [3.63, 3.8) is 0 Å². The van der Waals surface area contributed by atoms with Crippen LogP contribution in [0.3, 0.4) is 0 Å². The van der Waals surface area contributed by atoms with Gasteiger partial charge in [-0.15, -0.1) is 0 Å². The normalized spacial score (nSPS) is 21.0. The lowest BCUT2D eigenvalue weighted by atomic mass is 10.0. The Kier molecular flexibility index (Phi) is 4.85. The molecular weight excluding hydrogens is 327 g/mol. The highest BCUT2D eigenvalue weighted by Gasteiger charge is 2.49. The highest BCUT2D eigenvalue weighted by molar-refractivity contribution is 5.78. The molecule has 2 rings (SSSR count). The van der Waals surface area contributed by atoms with E-state index in [0.717, 1.165) is 10.6 Å². The molecule has 1 amide bonds. The summed E-state index contributed by atoms with van der Waals surface area (Å²) in [6.07, 6.45) is -6.51. The molecule has 0 aliphatic carbocycles. The summed E-state index contributed by atoms with van der Waals surface area (Å²) in [4.78, 5) is 13.5. The van der Waals surface area contributed by atoms with Gasteiger partial charge >= 0.3 is 6.18 Å². The summed E-state index contributed by atoms with van der Waals surface area (Å²) in [7, 11) is 1.75. The predicted octanol–water partition coefficient (Wildman–Crippen LogP) is 1.98. The maximum atomic E-state index is 13.0. The van der Waals surface area contributed by atoms with Crippen LogP contribution in [0.4, 0.5) is 13.2 Å². The van der Waals surface area contributed by atoms with Crippen LogP contribution in [-0.4, -0.2) is 58.2 Å². The quantitative estimate of drug-likeness (QED) is 0.837.